The molecule has 0 aliphatic rings. The minimum atomic E-state index is -0.357. The van der Waals surface area contributed by atoms with E-state index in [1.54, 1.807) is 25.4 Å². The lowest BCUT2D eigenvalue weighted by Gasteiger charge is -2.10. The number of hydrogen-bond acceptors (Lipinski definition) is 4. The molecule has 1 amide bonds. The van der Waals surface area contributed by atoms with Crippen LogP contribution in [0.2, 0.25) is 0 Å². The molecule has 0 aliphatic heterocycles. The molecule has 21 heavy (non-hydrogen) atoms. The first-order valence-corrected chi connectivity index (χ1v) is 6.94. The van der Waals surface area contributed by atoms with Crippen molar-refractivity contribution < 1.29 is 9.53 Å². The molecular formula is C15H19N3O3. The van der Waals surface area contributed by atoms with Crippen LogP contribution >= 0.6 is 0 Å². The van der Waals surface area contributed by atoms with Gasteiger partial charge >= 0.3 is 0 Å². The van der Waals surface area contributed by atoms with Crippen LogP contribution < -0.4 is 10.9 Å². The van der Waals surface area contributed by atoms with Crippen molar-refractivity contribution in [2.45, 2.75) is 19.9 Å². The zero-order valence-corrected chi connectivity index (χ0v) is 12.3. The fraction of sp³-hybridized carbons (Fsp3) is 0.400. The Balaban J connectivity index is 2.33. The summed E-state index contributed by atoms with van der Waals surface area (Å²) in [7, 11) is 1.61. The number of amides is 1. The third-order valence-corrected chi connectivity index (χ3v) is 3.22. The van der Waals surface area contributed by atoms with Gasteiger partial charge in [0.05, 0.1) is 0 Å². The Labute approximate surface area is 122 Å². The molecule has 0 fully saturated rings. The van der Waals surface area contributed by atoms with E-state index in [2.05, 4.69) is 10.3 Å². The van der Waals surface area contributed by atoms with Gasteiger partial charge in [-0.25, -0.2) is 4.98 Å². The zero-order valence-electron chi connectivity index (χ0n) is 12.3. The standard InChI is InChI=1S/C15H19N3O3/c1-3-18-13-11(6-4-7-16-13)10-12(15(18)20)14(19)17-8-5-9-21-2/h4,6-7,10H,3,5,8-9H2,1-2H3,(H,17,19). The highest BCUT2D eigenvalue weighted by molar-refractivity contribution is 5.96. The molecule has 0 radical (unpaired) electrons. The predicted molar refractivity (Wildman–Crippen MR) is 80.5 cm³/mol. The molecule has 2 heterocycles. The number of aryl methyl sites for hydroxylation is 1. The van der Waals surface area contributed by atoms with Gasteiger partial charge in [-0.15, -0.1) is 0 Å². The van der Waals surface area contributed by atoms with E-state index < -0.39 is 0 Å². The SMILES string of the molecule is CCn1c(=O)c(C(=O)NCCCOC)cc2cccnc21. The van der Waals surface area contributed by atoms with Gasteiger partial charge in [-0.1, -0.05) is 0 Å². The average Bonchev–Trinajstić information content (AvgIpc) is 2.51. The van der Waals surface area contributed by atoms with Crippen molar-refractivity contribution in [3.63, 3.8) is 0 Å². The van der Waals surface area contributed by atoms with Gasteiger partial charge in [-0.05, 0) is 31.5 Å². The number of carbonyl (C=O) groups excluding carboxylic acids is 1. The molecule has 0 aromatic carbocycles. The third-order valence-electron chi connectivity index (χ3n) is 3.22. The summed E-state index contributed by atoms with van der Waals surface area (Å²) in [4.78, 5) is 28.8. The molecule has 2 aromatic heterocycles. The van der Waals surface area contributed by atoms with E-state index in [1.165, 1.54) is 4.57 Å². The van der Waals surface area contributed by atoms with E-state index in [4.69, 9.17) is 4.74 Å². The molecule has 0 saturated carbocycles. The van der Waals surface area contributed by atoms with Gasteiger partial charge in [0.25, 0.3) is 11.5 Å². The van der Waals surface area contributed by atoms with E-state index >= 15 is 0 Å². The third kappa shape index (κ3) is 3.28. The first-order chi connectivity index (χ1) is 10.2. The molecule has 112 valence electrons. The summed E-state index contributed by atoms with van der Waals surface area (Å²) in [5, 5.41) is 3.52. The quantitative estimate of drug-likeness (QED) is 0.811. The van der Waals surface area contributed by atoms with Gasteiger partial charge in [0.15, 0.2) is 0 Å². The summed E-state index contributed by atoms with van der Waals surface area (Å²) < 4.78 is 6.44. The molecule has 0 aliphatic carbocycles. The Morgan fingerprint density at radius 2 is 2.29 bits per heavy atom. The summed E-state index contributed by atoms with van der Waals surface area (Å²) in [5.74, 6) is -0.357. The molecular weight excluding hydrogens is 270 g/mol. The van der Waals surface area contributed by atoms with Gasteiger partial charge in [-0.2, -0.15) is 0 Å². The molecule has 0 saturated heterocycles. The number of carbonyl (C=O) groups is 1. The highest BCUT2D eigenvalue weighted by Gasteiger charge is 2.15. The van der Waals surface area contributed by atoms with Crippen LogP contribution in [-0.4, -0.2) is 35.7 Å². The second-order valence-electron chi connectivity index (χ2n) is 4.63. The number of ether oxygens (including phenoxy) is 1. The van der Waals surface area contributed by atoms with E-state index in [0.717, 1.165) is 5.39 Å². The van der Waals surface area contributed by atoms with Crippen LogP contribution in [-0.2, 0) is 11.3 Å². The molecule has 1 N–H and O–H groups in total. The number of rotatable bonds is 6. The maximum Gasteiger partial charge on any atom is 0.265 e. The minimum Gasteiger partial charge on any atom is -0.385 e. The highest BCUT2D eigenvalue weighted by Crippen LogP contribution is 2.10. The Morgan fingerprint density at radius 3 is 3.00 bits per heavy atom. The second kappa shape index (κ2) is 6.99. The lowest BCUT2D eigenvalue weighted by Crippen LogP contribution is -2.34. The largest absolute Gasteiger partial charge is 0.385 e. The normalized spacial score (nSPS) is 10.8. The van der Waals surface area contributed by atoms with E-state index in [0.29, 0.717) is 31.8 Å². The summed E-state index contributed by atoms with van der Waals surface area (Å²) in [6.45, 7) is 3.37. The van der Waals surface area contributed by atoms with Crippen molar-refractivity contribution in [2.24, 2.45) is 0 Å². The Kier molecular flexibility index (Phi) is 5.05. The molecule has 2 aromatic rings. The molecule has 0 bridgehead atoms. The Hall–Kier alpha value is -2.21. The highest BCUT2D eigenvalue weighted by atomic mass is 16.5. The predicted octanol–water partition coefficient (Wildman–Crippen LogP) is 1.18. The summed E-state index contributed by atoms with van der Waals surface area (Å²) in [6, 6.07) is 5.23. The van der Waals surface area contributed by atoms with E-state index in [1.807, 2.05) is 13.0 Å². The Morgan fingerprint density at radius 1 is 1.48 bits per heavy atom. The van der Waals surface area contributed by atoms with Crippen LogP contribution in [0.25, 0.3) is 11.0 Å². The summed E-state index contributed by atoms with van der Waals surface area (Å²) >= 11 is 0. The van der Waals surface area contributed by atoms with Gasteiger partial charge in [-0.3, -0.25) is 14.2 Å². The average molecular weight is 289 g/mol. The Bertz CT molecular complexity index is 694. The van der Waals surface area contributed by atoms with Gasteiger partial charge < -0.3 is 10.1 Å². The van der Waals surface area contributed by atoms with Crippen molar-refractivity contribution >= 4 is 16.9 Å². The van der Waals surface area contributed by atoms with Crippen molar-refractivity contribution in [1.29, 1.82) is 0 Å². The molecule has 6 nitrogen and oxygen atoms in total. The zero-order chi connectivity index (χ0) is 15.2. The topological polar surface area (TPSA) is 73.2 Å². The first kappa shape index (κ1) is 15.2. The van der Waals surface area contributed by atoms with Crippen LogP contribution in [0.4, 0.5) is 0 Å². The number of aromatic nitrogens is 2. The lowest BCUT2D eigenvalue weighted by molar-refractivity contribution is 0.0946. The van der Waals surface area contributed by atoms with Crippen LogP contribution in [0.1, 0.15) is 23.7 Å². The van der Waals surface area contributed by atoms with Crippen LogP contribution in [0.15, 0.2) is 29.2 Å². The maximum atomic E-state index is 12.4. The first-order valence-electron chi connectivity index (χ1n) is 6.94. The maximum absolute atomic E-state index is 12.4. The second-order valence-corrected chi connectivity index (χ2v) is 4.63. The summed E-state index contributed by atoms with van der Waals surface area (Å²) in [6.07, 6.45) is 2.35. The lowest BCUT2D eigenvalue weighted by atomic mass is 10.2. The molecule has 0 unspecified atom stereocenters. The van der Waals surface area contributed by atoms with Crippen LogP contribution in [0.3, 0.4) is 0 Å². The number of methoxy groups -OCH3 is 1. The number of hydrogen-bond donors (Lipinski definition) is 1. The summed E-state index contributed by atoms with van der Waals surface area (Å²) in [5.41, 5.74) is 0.434. The molecule has 0 spiro atoms. The van der Waals surface area contributed by atoms with Gasteiger partial charge in [0.1, 0.15) is 11.2 Å². The van der Waals surface area contributed by atoms with E-state index in [-0.39, 0.29) is 17.0 Å². The monoisotopic (exact) mass is 289 g/mol. The minimum absolute atomic E-state index is 0.148. The van der Waals surface area contributed by atoms with Crippen molar-refractivity contribution in [1.82, 2.24) is 14.9 Å². The number of nitrogens with one attached hydrogen (secondary N) is 1. The van der Waals surface area contributed by atoms with Crippen LogP contribution in [0.5, 0.6) is 0 Å². The molecule has 0 atom stereocenters. The fourth-order valence-electron chi connectivity index (χ4n) is 2.18. The fourth-order valence-corrected chi connectivity index (χ4v) is 2.18. The van der Waals surface area contributed by atoms with Crippen LogP contribution in [0, 0.1) is 0 Å². The van der Waals surface area contributed by atoms with E-state index in [9.17, 15) is 9.59 Å². The molecule has 2 rings (SSSR count). The smallest absolute Gasteiger partial charge is 0.265 e. The van der Waals surface area contributed by atoms with Crippen molar-refractivity contribution in [2.75, 3.05) is 20.3 Å². The van der Waals surface area contributed by atoms with Gasteiger partial charge in [0, 0.05) is 38.4 Å². The number of nitrogens with zero attached hydrogens (tertiary/aromatic N) is 2. The van der Waals surface area contributed by atoms with Crippen molar-refractivity contribution in [3.8, 4) is 0 Å². The van der Waals surface area contributed by atoms with Crippen molar-refractivity contribution in [3.05, 3.63) is 40.3 Å². The number of fused-ring (bicyclic) bond motifs is 1. The van der Waals surface area contributed by atoms with Gasteiger partial charge in [0.2, 0.25) is 0 Å². The number of pyridine rings is 2. The molecule has 6 heteroatoms.